The fraction of sp³-hybridized carbons (Fsp3) is 0.579. The Morgan fingerprint density at radius 2 is 2.08 bits per heavy atom. The second-order valence-electron chi connectivity index (χ2n) is 7.27. The smallest absolute Gasteiger partial charge is 0.135 e. The fourth-order valence-electron chi connectivity index (χ4n) is 4.01. The minimum atomic E-state index is 0.111. The highest BCUT2D eigenvalue weighted by Crippen LogP contribution is 2.28. The minimum absolute atomic E-state index is 0.111. The third kappa shape index (κ3) is 3.42. The summed E-state index contributed by atoms with van der Waals surface area (Å²) in [7, 11) is 2.04. The maximum atomic E-state index is 9.29. The fourth-order valence-corrected chi connectivity index (χ4v) is 4.01. The molecule has 0 radical (unpaired) electrons. The van der Waals surface area contributed by atoms with E-state index >= 15 is 0 Å². The van der Waals surface area contributed by atoms with Crippen LogP contribution in [-0.2, 0) is 26.4 Å². The lowest BCUT2D eigenvalue weighted by atomic mass is 9.98. The Morgan fingerprint density at radius 1 is 1.19 bits per heavy atom. The van der Waals surface area contributed by atoms with Crippen LogP contribution in [0, 0.1) is 17.2 Å². The van der Waals surface area contributed by atoms with Gasteiger partial charge in [-0.1, -0.05) is 0 Å². The van der Waals surface area contributed by atoms with E-state index in [0.29, 0.717) is 0 Å². The van der Waals surface area contributed by atoms with E-state index in [2.05, 4.69) is 35.4 Å². The van der Waals surface area contributed by atoms with Gasteiger partial charge in [-0.2, -0.15) is 5.26 Å². The van der Waals surface area contributed by atoms with Crippen LogP contribution in [-0.4, -0.2) is 50.6 Å². The van der Waals surface area contributed by atoms with Crippen molar-refractivity contribution in [1.82, 2.24) is 24.4 Å². The molecule has 26 heavy (non-hydrogen) atoms. The number of anilines is 1. The zero-order valence-electron chi connectivity index (χ0n) is 15.3. The Balaban J connectivity index is 1.51. The molecular formula is C19H25N7. The first kappa shape index (κ1) is 17.0. The second-order valence-corrected chi connectivity index (χ2v) is 7.27. The molecule has 136 valence electrons. The molecule has 7 nitrogen and oxygen atoms in total. The third-order valence-corrected chi connectivity index (χ3v) is 5.54. The summed E-state index contributed by atoms with van der Waals surface area (Å²) >= 11 is 0. The highest BCUT2D eigenvalue weighted by molar-refractivity contribution is 5.50. The van der Waals surface area contributed by atoms with Crippen molar-refractivity contribution in [3.63, 3.8) is 0 Å². The van der Waals surface area contributed by atoms with Crippen LogP contribution < -0.4 is 4.90 Å². The lowest BCUT2D eigenvalue weighted by Gasteiger charge is -2.32. The Bertz CT molecular complexity index is 806. The SMILES string of the molecule is Cn1ccnc1CN1CCc2ncnc(N3CCC[C@H](C#N)C3)c2CC1. The van der Waals surface area contributed by atoms with Gasteiger partial charge in [0.1, 0.15) is 18.0 Å². The number of piperidine rings is 1. The van der Waals surface area contributed by atoms with Gasteiger partial charge in [-0.15, -0.1) is 0 Å². The normalized spacial score (nSPS) is 21.1. The number of aryl methyl sites for hydroxylation is 1. The summed E-state index contributed by atoms with van der Waals surface area (Å²) in [6.07, 6.45) is 9.48. The van der Waals surface area contributed by atoms with Crippen molar-refractivity contribution in [3.05, 3.63) is 35.8 Å². The standard InChI is InChI=1S/C19H25N7/c1-24-10-6-21-18(24)13-25-8-4-16-17(5-9-25)22-14-23-19(16)26-7-2-3-15(11-20)12-26/h6,10,14-15H,2-5,7-9,12-13H2,1H3/t15-/m1/s1. The van der Waals surface area contributed by atoms with E-state index in [1.54, 1.807) is 6.33 Å². The molecule has 1 fully saturated rings. The van der Waals surface area contributed by atoms with Gasteiger partial charge >= 0.3 is 0 Å². The number of nitriles is 1. The topological polar surface area (TPSA) is 73.9 Å². The number of rotatable bonds is 3. The van der Waals surface area contributed by atoms with Crippen molar-refractivity contribution in [2.24, 2.45) is 13.0 Å². The van der Waals surface area contributed by atoms with E-state index in [9.17, 15) is 5.26 Å². The molecule has 0 unspecified atom stereocenters. The molecule has 0 aromatic carbocycles. The third-order valence-electron chi connectivity index (χ3n) is 5.54. The highest BCUT2D eigenvalue weighted by atomic mass is 15.2. The summed E-state index contributed by atoms with van der Waals surface area (Å²) in [6, 6.07) is 2.43. The van der Waals surface area contributed by atoms with Gasteiger partial charge in [-0.05, 0) is 19.3 Å². The summed E-state index contributed by atoms with van der Waals surface area (Å²) < 4.78 is 2.08. The molecule has 0 saturated carbocycles. The molecule has 1 saturated heterocycles. The Hall–Kier alpha value is -2.46. The van der Waals surface area contributed by atoms with Crippen LogP contribution in [0.4, 0.5) is 5.82 Å². The zero-order chi connectivity index (χ0) is 17.9. The van der Waals surface area contributed by atoms with Crippen molar-refractivity contribution < 1.29 is 0 Å². The first-order valence-corrected chi connectivity index (χ1v) is 9.40. The Kier molecular flexibility index (Phi) is 4.85. The molecule has 1 atom stereocenters. The lowest BCUT2D eigenvalue weighted by molar-refractivity contribution is 0.269. The summed E-state index contributed by atoms with van der Waals surface area (Å²) in [5.74, 6) is 2.25. The summed E-state index contributed by atoms with van der Waals surface area (Å²) in [6.45, 7) is 4.60. The van der Waals surface area contributed by atoms with Crippen LogP contribution in [0.5, 0.6) is 0 Å². The zero-order valence-corrected chi connectivity index (χ0v) is 15.3. The van der Waals surface area contributed by atoms with Crippen molar-refractivity contribution in [3.8, 4) is 6.07 Å². The molecule has 0 bridgehead atoms. The van der Waals surface area contributed by atoms with Crippen molar-refractivity contribution in [2.75, 3.05) is 31.1 Å². The summed E-state index contributed by atoms with van der Waals surface area (Å²) in [5, 5.41) is 9.29. The van der Waals surface area contributed by atoms with Crippen LogP contribution in [0.1, 0.15) is 29.9 Å². The Labute approximate surface area is 154 Å². The molecule has 4 heterocycles. The molecule has 2 aromatic rings. The first-order chi connectivity index (χ1) is 12.7. The predicted molar refractivity (Wildman–Crippen MR) is 98.5 cm³/mol. The van der Waals surface area contributed by atoms with Gasteiger partial charge in [0.2, 0.25) is 0 Å². The largest absolute Gasteiger partial charge is 0.355 e. The molecule has 4 rings (SSSR count). The van der Waals surface area contributed by atoms with Crippen LogP contribution in [0.25, 0.3) is 0 Å². The molecule has 0 spiro atoms. The van der Waals surface area contributed by atoms with Crippen molar-refractivity contribution >= 4 is 5.82 Å². The molecule has 0 aliphatic carbocycles. The van der Waals surface area contributed by atoms with Crippen LogP contribution in [0.3, 0.4) is 0 Å². The van der Waals surface area contributed by atoms with E-state index < -0.39 is 0 Å². The van der Waals surface area contributed by atoms with E-state index in [1.807, 2.05) is 19.4 Å². The number of hydrogen-bond acceptors (Lipinski definition) is 6. The molecular weight excluding hydrogens is 326 g/mol. The molecule has 2 aliphatic rings. The highest BCUT2D eigenvalue weighted by Gasteiger charge is 2.26. The maximum Gasteiger partial charge on any atom is 0.135 e. The van der Waals surface area contributed by atoms with Crippen LogP contribution in [0.15, 0.2) is 18.7 Å². The van der Waals surface area contributed by atoms with Gasteiger partial charge in [0.25, 0.3) is 0 Å². The van der Waals surface area contributed by atoms with Gasteiger partial charge in [-0.3, -0.25) is 4.90 Å². The lowest BCUT2D eigenvalue weighted by Crippen LogP contribution is -2.36. The van der Waals surface area contributed by atoms with E-state index in [0.717, 1.165) is 75.7 Å². The molecule has 2 aromatic heterocycles. The van der Waals surface area contributed by atoms with Gasteiger partial charge < -0.3 is 9.47 Å². The average Bonchev–Trinajstić information content (AvgIpc) is 2.96. The number of nitrogens with zero attached hydrogens (tertiary/aromatic N) is 7. The monoisotopic (exact) mass is 351 g/mol. The average molecular weight is 351 g/mol. The molecule has 0 N–H and O–H groups in total. The summed E-state index contributed by atoms with van der Waals surface area (Å²) in [4.78, 5) is 18.4. The number of fused-ring (bicyclic) bond motifs is 1. The van der Waals surface area contributed by atoms with Crippen LogP contribution >= 0.6 is 0 Å². The van der Waals surface area contributed by atoms with E-state index in [-0.39, 0.29) is 5.92 Å². The van der Waals surface area contributed by atoms with Gasteiger partial charge in [0.15, 0.2) is 0 Å². The minimum Gasteiger partial charge on any atom is -0.355 e. The number of aromatic nitrogens is 4. The van der Waals surface area contributed by atoms with E-state index in [4.69, 9.17) is 0 Å². The second kappa shape index (κ2) is 7.42. The Morgan fingerprint density at radius 3 is 2.88 bits per heavy atom. The van der Waals surface area contributed by atoms with E-state index in [1.165, 1.54) is 5.56 Å². The van der Waals surface area contributed by atoms with Crippen LogP contribution in [0.2, 0.25) is 0 Å². The summed E-state index contributed by atoms with van der Waals surface area (Å²) in [5.41, 5.74) is 2.44. The predicted octanol–water partition coefficient (Wildman–Crippen LogP) is 1.55. The van der Waals surface area contributed by atoms with Gasteiger partial charge in [-0.25, -0.2) is 15.0 Å². The number of hydrogen-bond donors (Lipinski definition) is 0. The van der Waals surface area contributed by atoms with Crippen molar-refractivity contribution in [2.45, 2.75) is 32.2 Å². The molecule has 0 amide bonds. The first-order valence-electron chi connectivity index (χ1n) is 9.40. The molecule has 2 aliphatic heterocycles. The number of imidazole rings is 1. The molecule has 7 heteroatoms. The maximum absolute atomic E-state index is 9.29. The van der Waals surface area contributed by atoms with Crippen molar-refractivity contribution in [1.29, 1.82) is 5.26 Å². The quantitative estimate of drug-likeness (QED) is 0.835. The van der Waals surface area contributed by atoms with Gasteiger partial charge in [0, 0.05) is 57.6 Å². The van der Waals surface area contributed by atoms with Gasteiger partial charge in [0.05, 0.1) is 24.2 Å².